The Labute approximate surface area is 95.3 Å². The maximum Gasteiger partial charge on any atom is 0.0279 e. The lowest BCUT2D eigenvalue weighted by Crippen LogP contribution is -2.31. The Morgan fingerprint density at radius 3 is 2.60 bits per heavy atom. The molecule has 1 nitrogen and oxygen atoms in total. The predicted molar refractivity (Wildman–Crippen MR) is 68.1 cm³/mol. The summed E-state index contributed by atoms with van der Waals surface area (Å²) in [6, 6.07) is 0.665. The highest BCUT2D eigenvalue weighted by molar-refractivity contribution is 5.13. The number of nitrogens with one attached hydrogen (secondary N) is 1. The van der Waals surface area contributed by atoms with Gasteiger partial charge in [0.15, 0.2) is 0 Å². The molecule has 0 spiro atoms. The second-order valence-corrected chi connectivity index (χ2v) is 5.11. The SMILES string of the molecule is CCNC(CCC(C)C)C1=CCCCC1. The molecular weight excluding hydrogens is 182 g/mol. The van der Waals surface area contributed by atoms with Crippen LogP contribution in [0.4, 0.5) is 0 Å². The van der Waals surface area contributed by atoms with Crippen LogP contribution in [0.15, 0.2) is 11.6 Å². The fourth-order valence-corrected chi connectivity index (χ4v) is 2.34. The second kappa shape index (κ2) is 7.05. The number of hydrogen-bond donors (Lipinski definition) is 1. The first-order valence-electron chi connectivity index (χ1n) is 6.66. The van der Waals surface area contributed by atoms with Gasteiger partial charge in [0.1, 0.15) is 0 Å². The average Bonchev–Trinajstić information content (AvgIpc) is 2.25. The summed E-state index contributed by atoms with van der Waals surface area (Å²) in [5, 5.41) is 3.64. The molecule has 0 bridgehead atoms. The lowest BCUT2D eigenvalue weighted by molar-refractivity contribution is 0.456. The van der Waals surface area contributed by atoms with Crippen molar-refractivity contribution in [2.45, 2.75) is 65.3 Å². The van der Waals surface area contributed by atoms with Gasteiger partial charge in [-0.2, -0.15) is 0 Å². The zero-order chi connectivity index (χ0) is 11.1. The first-order valence-corrected chi connectivity index (χ1v) is 6.66. The maximum absolute atomic E-state index is 3.64. The molecule has 0 radical (unpaired) electrons. The van der Waals surface area contributed by atoms with E-state index in [9.17, 15) is 0 Å². The highest BCUT2D eigenvalue weighted by Crippen LogP contribution is 2.23. The monoisotopic (exact) mass is 209 g/mol. The van der Waals surface area contributed by atoms with Crippen LogP contribution >= 0.6 is 0 Å². The molecular formula is C14H27N. The molecule has 0 fully saturated rings. The largest absolute Gasteiger partial charge is 0.311 e. The van der Waals surface area contributed by atoms with Gasteiger partial charge >= 0.3 is 0 Å². The van der Waals surface area contributed by atoms with E-state index in [4.69, 9.17) is 0 Å². The maximum atomic E-state index is 3.64. The molecule has 1 aliphatic rings. The molecule has 0 aromatic carbocycles. The van der Waals surface area contributed by atoms with Crippen molar-refractivity contribution in [3.63, 3.8) is 0 Å². The van der Waals surface area contributed by atoms with Crippen LogP contribution in [0.5, 0.6) is 0 Å². The Morgan fingerprint density at radius 2 is 2.07 bits per heavy atom. The quantitative estimate of drug-likeness (QED) is 0.654. The minimum Gasteiger partial charge on any atom is -0.311 e. The number of allylic oxidation sites excluding steroid dienone is 1. The van der Waals surface area contributed by atoms with Crippen LogP contribution in [0.3, 0.4) is 0 Å². The minimum absolute atomic E-state index is 0.665. The van der Waals surface area contributed by atoms with E-state index in [-0.39, 0.29) is 0 Å². The van der Waals surface area contributed by atoms with E-state index in [0.717, 1.165) is 12.5 Å². The smallest absolute Gasteiger partial charge is 0.0279 e. The fraction of sp³-hybridized carbons (Fsp3) is 0.857. The van der Waals surface area contributed by atoms with E-state index in [1.54, 1.807) is 5.57 Å². The summed E-state index contributed by atoms with van der Waals surface area (Å²) in [5.74, 6) is 0.829. The van der Waals surface area contributed by atoms with E-state index in [1.165, 1.54) is 38.5 Å². The van der Waals surface area contributed by atoms with Crippen molar-refractivity contribution in [3.8, 4) is 0 Å². The fourth-order valence-electron chi connectivity index (χ4n) is 2.34. The van der Waals surface area contributed by atoms with Gasteiger partial charge in [-0.3, -0.25) is 0 Å². The Kier molecular flexibility index (Phi) is 6.00. The lowest BCUT2D eigenvalue weighted by Gasteiger charge is -2.24. The predicted octanol–water partition coefficient (Wildman–Crippen LogP) is 3.90. The van der Waals surface area contributed by atoms with Crippen LogP contribution in [0.2, 0.25) is 0 Å². The Balaban J connectivity index is 2.44. The zero-order valence-corrected chi connectivity index (χ0v) is 10.7. The van der Waals surface area contributed by atoms with E-state index in [2.05, 4.69) is 32.2 Å². The van der Waals surface area contributed by atoms with Crippen molar-refractivity contribution in [2.75, 3.05) is 6.54 Å². The van der Waals surface area contributed by atoms with Crippen LogP contribution in [-0.4, -0.2) is 12.6 Å². The molecule has 0 heterocycles. The molecule has 0 saturated carbocycles. The summed E-state index contributed by atoms with van der Waals surface area (Å²) < 4.78 is 0. The molecule has 0 saturated heterocycles. The first kappa shape index (κ1) is 12.8. The van der Waals surface area contributed by atoms with Crippen molar-refractivity contribution >= 4 is 0 Å². The van der Waals surface area contributed by atoms with Gasteiger partial charge in [0.25, 0.3) is 0 Å². The van der Waals surface area contributed by atoms with Crippen LogP contribution < -0.4 is 5.32 Å². The molecule has 0 aromatic rings. The van der Waals surface area contributed by atoms with Crippen LogP contribution in [0.1, 0.15) is 59.3 Å². The van der Waals surface area contributed by atoms with Crippen LogP contribution in [0.25, 0.3) is 0 Å². The highest BCUT2D eigenvalue weighted by Gasteiger charge is 2.15. The minimum atomic E-state index is 0.665. The first-order chi connectivity index (χ1) is 7.24. The molecule has 1 rings (SSSR count). The average molecular weight is 209 g/mol. The molecule has 88 valence electrons. The van der Waals surface area contributed by atoms with Crippen LogP contribution in [-0.2, 0) is 0 Å². The molecule has 1 N–H and O–H groups in total. The standard InChI is InChI=1S/C14H27N/c1-4-15-14(11-10-12(2)3)13-8-6-5-7-9-13/h8,12,14-15H,4-7,9-11H2,1-3H3. The Morgan fingerprint density at radius 1 is 1.27 bits per heavy atom. The molecule has 1 aliphatic carbocycles. The third kappa shape index (κ3) is 4.83. The van der Waals surface area contributed by atoms with Gasteiger partial charge in [-0.1, -0.05) is 32.4 Å². The van der Waals surface area contributed by atoms with E-state index in [1.807, 2.05) is 0 Å². The Hall–Kier alpha value is -0.300. The molecule has 15 heavy (non-hydrogen) atoms. The van der Waals surface area contributed by atoms with Crippen molar-refractivity contribution in [3.05, 3.63) is 11.6 Å². The van der Waals surface area contributed by atoms with Gasteiger partial charge in [-0.15, -0.1) is 0 Å². The normalized spacial score (nSPS) is 19.1. The number of hydrogen-bond acceptors (Lipinski definition) is 1. The van der Waals surface area contributed by atoms with E-state index >= 15 is 0 Å². The summed E-state index contributed by atoms with van der Waals surface area (Å²) in [6.07, 6.45) is 10.6. The van der Waals surface area contributed by atoms with Gasteiger partial charge in [0.2, 0.25) is 0 Å². The topological polar surface area (TPSA) is 12.0 Å². The van der Waals surface area contributed by atoms with Crippen molar-refractivity contribution in [2.24, 2.45) is 5.92 Å². The third-order valence-corrected chi connectivity index (χ3v) is 3.26. The summed E-state index contributed by atoms with van der Waals surface area (Å²) in [4.78, 5) is 0. The molecule has 1 heteroatoms. The summed E-state index contributed by atoms with van der Waals surface area (Å²) in [7, 11) is 0. The molecule has 0 amide bonds. The van der Waals surface area contributed by atoms with Gasteiger partial charge in [-0.25, -0.2) is 0 Å². The van der Waals surface area contributed by atoms with Gasteiger partial charge < -0.3 is 5.32 Å². The number of likely N-dealkylation sites (N-methyl/N-ethyl adjacent to an activating group) is 1. The van der Waals surface area contributed by atoms with Gasteiger partial charge in [0.05, 0.1) is 0 Å². The molecule has 1 atom stereocenters. The van der Waals surface area contributed by atoms with Gasteiger partial charge in [-0.05, 0) is 51.0 Å². The summed E-state index contributed by atoms with van der Waals surface area (Å²) in [5.41, 5.74) is 1.68. The molecule has 0 aliphatic heterocycles. The van der Waals surface area contributed by atoms with E-state index < -0.39 is 0 Å². The Bertz CT molecular complexity index is 194. The highest BCUT2D eigenvalue weighted by atomic mass is 14.9. The molecule has 1 unspecified atom stereocenters. The van der Waals surface area contributed by atoms with Crippen LogP contribution in [0, 0.1) is 5.92 Å². The molecule has 0 aromatic heterocycles. The van der Waals surface area contributed by atoms with Crippen molar-refractivity contribution in [1.29, 1.82) is 0 Å². The van der Waals surface area contributed by atoms with Crippen molar-refractivity contribution in [1.82, 2.24) is 5.32 Å². The lowest BCUT2D eigenvalue weighted by atomic mass is 9.90. The van der Waals surface area contributed by atoms with Crippen molar-refractivity contribution < 1.29 is 0 Å². The summed E-state index contributed by atoms with van der Waals surface area (Å²) >= 11 is 0. The van der Waals surface area contributed by atoms with Gasteiger partial charge in [0, 0.05) is 6.04 Å². The van der Waals surface area contributed by atoms with E-state index in [0.29, 0.717) is 6.04 Å². The number of rotatable bonds is 6. The third-order valence-electron chi connectivity index (χ3n) is 3.26. The zero-order valence-electron chi connectivity index (χ0n) is 10.7. The second-order valence-electron chi connectivity index (χ2n) is 5.11. The summed E-state index contributed by atoms with van der Waals surface area (Å²) in [6.45, 7) is 7.95.